The summed E-state index contributed by atoms with van der Waals surface area (Å²) in [6.07, 6.45) is 0.685. The fourth-order valence-corrected chi connectivity index (χ4v) is 2.00. The van der Waals surface area contributed by atoms with Crippen molar-refractivity contribution in [2.75, 3.05) is 25.6 Å². The van der Waals surface area contributed by atoms with Crippen LogP contribution in [0.3, 0.4) is 0 Å². The number of amides is 2. The summed E-state index contributed by atoms with van der Waals surface area (Å²) in [7, 11) is 1.31. The van der Waals surface area contributed by atoms with Gasteiger partial charge in [0.2, 0.25) is 0 Å². The summed E-state index contributed by atoms with van der Waals surface area (Å²) < 4.78 is 10.2. The predicted octanol–water partition coefficient (Wildman–Crippen LogP) is 3.06. The first kappa shape index (κ1) is 17.3. The number of methoxy groups -OCH3 is 1. The van der Waals surface area contributed by atoms with Crippen molar-refractivity contribution < 1.29 is 19.1 Å². The minimum absolute atomic E-state index is 0.336. The maximum Gasteiger partial charge on any atom is 0.337 e. The Morgan fingerprint density at radius 1 is 1.04 bits per heavy atom. The highest BCUT2D eigenvalue weighted by Crippen LogP contribution is 2.11. The molecule has 2 amide bonds. The summed E-state index contributed by atoms with van der Waals surface area (Å²) in [4.78, 5) is 23.3. The van der Waals surface area contributed by atoms with Crippen LogP contribution in [-0.2, 0) is 4.74 Å². The van der Waals surface area contributed by atoms with Gasteiger partial charge in [0.05, 0.1) is 19.3 Å². The number of rotatable bonds is 7. The number of urea groups is 1. The largest absolute Gasteiger partial charge is 0.494 e. The summed E-state index contributed by atoms with van der Waals surface area (Å²) in [6.45, 7) is 0.997. The Bertz CT molecular complexity index is 674. The molecule has 0 aliphatic carbocycles. The number of carbonyl (C=O) groups is 2. The van der Waals surface area contributed by atoms with E-state index in [2.05, 4.69) is 15.4 Å². The van der Waals surface area contributed by atoms with Gasteiger partial charge in [-0.15, -0.1) is 0 Å². The third-order valence-corrected chi connectivity index (χ3v) is 3.16. The van der Waals surface area contributed by atoms with Gasteiger partial charge in [0, 0.05) is 12.2 Å². The summed E-state index contributed by atoms with van der Waals surface area (Å²) in [5.74, 6) is 0.360. The highest BCUT2D eigenvalue weighted by atomic mass is 16.5. The lowest BCUT2D eigenvalue weighted by molar-refractivity contribution is 0.0600. The Balaban J connectivity index is 1.69. The number of hydrogen-bond acceptors (Lipinski definition) is 4. The van der Waals surface area contributed by atoms with Gasteiger partial charge in [0.1, 0.15) is 5.75 Å². The van der Waals surface area contributed by atoms with E-state index in [1.807, 2.05) is 30.3 Å². The third-order valence-electron chi connectivity index (χ3n) is 3.16. The summed E-state index contributed by atoms with van der Waals surface area (Å²) in [5, 5.41) is 5.41. The minimum atomic E-state index is -0.447. The van der Waals surface area contributed by atoms with E-state index in [4.69, 9.17) is 4.74 Å². The lowest BCUT2D eigenvalue weighted by atomic mass is 10.2. The van der Waals surface area contributed by atoms with Crippen molar-refractivity contribution in [3.8, 4) is 5.75 Å². The van der Waals surface area contributed by atoms with Gasteiger partial charge in [-0.3, -0.25) is 0 Å². The highest BCUT2D eigenvalue weighted by molar-refractivity contribution is 5.93. The van der Waals surface area contributed by atoms with Crippen LogP contribution in [-0.4, -0.2) is 32.3 Å². The summed E-state index contributed by atoms with van der Waals surface area (Å²) >= 11 is 0. The molecule has 0 radical (unpaired) electrons. The number of benzene rings is 2. The van der Waals surface area contributed by atoms with E-state index in [1.165, 1.54) is 7.11 Å². The van der Waals surface area contributed by atoms with Gasteiger partial charge in [-0.25, -0.2) is 9.59 Å². The zero-order chi connectivity index (χ0) is 17.2. The molecule has 0 atom stereocenters. The van der Waals surface area contributed by atoms with E-state index < -0.39 is 5.97 Å². The van der Waals surface area contributed by atoms with Crippen LogP contribution in [0.25, 0.3) is 0 Å². The Labute approximate surface area is 140 Å². The smallest absolute Gasteiger partial charge is 0.337 e. The molecule has 0 aliphatic rings. The van der Waals surface area contributed by atoms with Crippen LogP contribution in [0, 0.1) is 0 Å². The number of nitrogens with one attached hydrogen (secondary N) is 2. The van der Waals surface area contributed by atoms with Crippen molar-refractivity contribution in [2.45, 2.75) is 6.42 Å². The van der Waals surface area contributed by atoms with Crippen molar-refractivity contribution in [2.24, 2.45) is 0 Å². The van der Waals surface area contributed by atoms with E-state index in [-0.39, 0.29) is 6.03 Å². The molecule has 0 fully saturated rings. The quantitative estimate of drug-likeness (QED) is 0.605. The molecule has 2 rings (SSSR count). The van der Waals surface area contributed by atoms with Crippen molar-refractivity contribution in [3.63, 3.8) is 0 Å². The zero-order valence-corrected chi connectivity index (χ0v) is 13.5. The molecule has 0 spiro atoms. The van der Waals surface area contributed by atoms with Gasteiger partial charge in [-0.1, -0.05) is 24.3 Å². The molecular formula is C18H20N2O4. The second kappa shape index (κ2) is 9.19. The Morgan fingerprint density at radius 3 is 2.58 bits per heavy atom. The van der Waals surface area contributed by atoms with Crippen molar-refractivity contribution >= 4 is 17.7 Å². The molecule has 24 heavy (non-hydrogen) atoms. The van der Waals surface area contributed by atoms with Gasteiger partial charge in [-0.05, 0) is 36.8 Å². The van der Waals surface area contributed by atoms with Crippen LogP contribution in [0.5, 0.6) is 5.75 Å². The molecule has 0 aliphatic heterocycles. The average molecular weight is 328 g/mol. The number of carbonyl (C=O) groups excluding carboxylic acids is 2. The standard InChI is InChI=1S/C18H20N2O4/c1-23-17(21)14-7-5-8-15(13-14)20-18(22)19-11-6-12-24-16-9-3-2-4-10-16/h2-5,7-10,13H,6,11-12H2,1H3,(H2,19,20,22). The number of anilines is 1. The Kier molecular flexibility index (Phi) is 6.64. The second-order valence-electron chi connectivity index (χ2n) is 4.97. The molecule has 2 aromatic carbocycles. The normalized spacial score (nSPS) is 9.88. The lowest BCUT2D eigenvalue weighted by Crippen LogP contribution is -2.30. The third kappa shape index (κ3) is 5.64. The number of ether oxygens (including phenoxy) is 2. The SMILES string of the molecule is COC(=O)c1cccc(NC(=O)NCCCOc2ccccc2)c1. The topological polar surface area (TPSA) is 76.7 Å². The van der Waals surface area contributed by atoms with E-state index >= 15 is 0 Å². The van der Waals surface area contributed by atoms with Crippen LogP contribution >= 0.6 is 0 Å². The molecule has 0 unspecified atom stereocenters. The van der Waals surface area contributed by atoms with Gasteiger partial charge < -0.3 is 20.1 Å². The zero-order valence-electron chi connectivity index (χ0n) is 13.5. The van der Waals surface area contributed by atoms with Crippen molar-refractivity contribution in [1.82, 2.24) is 5.32 Å². The maximum atomic E-state index is 11.8. The van der Waals surface area contributed by atoms with E-state index in [0.717, 1.165) is 5.75 Å². The first-order valence-electron chi connectivity index (χ1n) is 7.60. The molecule has 6 heteroatoms. The van der Waals surface area contributed by atoms with Crippen LogP contribution in [0.4, 0.5) is 10.5 Å². The molecule has 2 N–H and O–H groups in total. The Hall–Kier alpha value is -3.02. The van der Waals surface area contributed by atoms with E-state index in [9.17, 15) is 9.59 Å². The summed E-state index contributed by atoms with van der Waals surface area (Å²) in [5.41, 5.74) is 0.905. The predicted molar refractivity (Wildman–Crippen MR) is 91.4 cm³/mol. The van der Waals surface area contributed by atoms with Crippen molar-refractivity contribution in [1.29, 1.82) is 0 Å². The molecule has 126 valence electrons. The first-order valence-corrected chi connectivity index (χ1v) is 7.60. The van der Waals surface area contributed by atoms with Gasteiger partial charge in [0.15, 0.2) is 0 Å². The molecule has 0 saturated heterocycles. The van der Waals surface area contributed by atoms with Crippen LogP contribution in [0.15, 0.2) is 54.6 Å². The molecule has 0 aromatic heterocycles. The number of esters is 1. The second-order valence-corrected chi connectivity index (χ2v) is 4.97. The maximum absolute atomic E-state index is 11.8. The minimum Gasteiger partial charge on any atom is -0.494 e. The highest BCUT2D eigenvalue weighted by Gasteiger charge is 2.07. The summed E-state index contributed by atoms with van der Waals surface area (Å²) in [6, 6.07) is 15.7. The van der Waals surface area contributed by atoms with E-state index in [0.29, 0.717) is 30.8 Å². The average Bonchev–Trinajstić information content (AvgIpc) is 2.62. The molecule has 6 nitrogen and oxygen atoms in total. The van der Waals surface area contributed by atoms with Crippen molar-refractivity contribution in [3.05, 3.63) is 60.2 Å². The van der Waals surface area contributed by atoms with Crippen LogP contribution < -0.4 is 15.4 Å². The Morgan fingerprint density at radius 2 is 1.83 bits per heavy atom. The molecule has 0 heterocycles. The molecular weight excluding hydrogens is 308 g/mol. The lowest BCUT2D eigenvalue weighted by Gasteiger charge is -2.09. The van der Waals surface area contributed by atoms with Gasteiger partial charge >= 0.3 is 12.0 Å². The first-order chi connectivity index (χ1) is 11.7. The van der Waals surface area contributed by atoms with Crippen LogP contribution in [0.1, 0.15) is 16.8 Å². The number of para-hydroxylation sites is 1. The van der Waals surface area contributed by atoms with Gasteiger partial charge in [0.25, 0.3) is 0 Å². The van der Waals surface area contributed by atoms with Gasteiger partial charge in [-0.2, -0.15) is 0 Å². The molecule has 0 bridgehead atoms. The number of hydrogen-bond donors (Lipinski definition) is 2. The fraction of sp³-hybridized carbons (Fsp3) is 0.222. The monoisotopic (exact) mass is 328 g/mol. The molecule has 2 aromatic rings. The van der Waals surface area contributed by atoms with Crippen LogP contribution in [0.2, 0.25) is 0 Å². The fourth-order valence-electron chi connectivity index (χ4n) is 2.00. The van der Waals surface area contributed by atoms with E-state index in [1.54, 1.807) is 24.3 Å². The molecule has 0 saturated carbocycles.